The molecule has 0 aromatic heterocycles. The molecule has 31 heavy (non-hydrogen) atoms. The van der Waals surface area contributed by atoms with Gasteiger partial charge in [0.05, 0.1) is 12.5 Å². The number of carbonyl (C=O) groups excluding carboxylic acids is 3. The summed E-state index contributed by atoms with van der Waals surface area (Å²) in [6.07, 6.45) is 0.388. The number of ether oxygens (including phenoxy) is 3. The van der Waals surface area contributed by atoms with E-state index in [1.807, 2.05) is 30.3 Å². The molecule has 4 rings (SSSR count). The standard InChI is InChI=1S/C23H24N2O6/c1-2-29-23(28)18(10-15-6-4-3-5-7-15)24-22(27)16-11-21(26)25(13-16)17-8-9-19-20(12-17)31-14-30-19/h3-9,12,16,18H,2,10-11,13-14H2,1H3,(H,24,27). The summed E-state index contributed by atoms with van der Waals surface area (Å²) in [7, 11) is 0. The highest BCUT2D eigenvalue weighted by atomic mass is 16.7. The number of benzene rings is 2. The zero-order valence-electron chi connectivity index (χ0n) is 17.2. The molecular weight excluding hydrogens is 400 g/mol. The predicted molar refractivity (Wildman–Crippen MR) is 112 cm³/mol. The van der Waals surface area contributed by atoms with Gasteiger partial charge in [-0.3, -0.25) is 9.59 Å². The maximum absolute atomic E-state index is 12.9. The van der Waals surface area contributed by atoms with Crippen LogP contribution in [0.25, 0.3) is 0 Å². The van der Waals surface area contributed by atoms with E-state index in [1.54, 1.807) is 30.0 Å². The Bertz CT molecular complexity index is 977. The predicted octanol–water partition coefficient (Wildman–Crippen LogP) is 2.06. The lowest BCUT2D eigenvalue weighted by atomic mass is 10.0. The molecular formula is C23H24N2O6. The number of anilines is 1. The van der Waals surface area contributed by atoms with Gasteiger partial charge in [0.15, 0.2) is 11.5 Å². The van der Waals surface area contributed by atoms with Crippen LogP contribution in [-0.4, -0.2) is 43.8 Å². The number of amides is 2. The summed E-state index contributed by atoms with van der Waals surface area (Å²) in [4.78, 5) is 39.5. The van der Waals surface area contributed by atoms with Crippen LogP contribution in [0, 0.1) is 5.92 Å². The lowest BCUT2D eigenvalue weighted by Crippen LogP contribution is -2.46. The Balaban J connectivity index is 1.44. The molecule has 8 heteroatoms. The fraction of sp³-hybridized carbons (Fsp3) is 0.348. The van der Waals surface area contributed by atoms with Crippen molar-refractivity contribution in [2.75, 3.05) is 24.8 Å². The third-order valence-electron chi connectivity index (χ3n) is 5.33. The fourth-order valence-corrected chi connectivity index (χ4v) is 3.76. The van der Waals surface area contributed by atoms with Crippen molar-refractivity contribution in [3.63, 3.8) is 0 Å². The molecule has 2 aliphatic heterocycles. The van der Waals surface area contributed by atoms with Crippen molar-refractivity contribution < 1.29 is 28.6 Å². The van der Waals surface area contributed by atoms with Crippen molar-refractivity contribution in [1.29, 1.82) is 0 Å². The van der Waals surface area contributed by atoms with Crippen LogP contribution in [0.2, 0.25) is 0 Å². The highest BCUT2D eigenvalue weighted by Crippen LogP contribution is 2.37. The molecule has 2 aromatic carbocycles. The van der Waals surface area contributed by atoms with Gasteiger partial charge < -0.3 is 24.4 Å². The largest absolute Gasteiger partial charge is 0.464 e. The second kappa shape index (κ2) is 9.07. The van der Waals surface area contributed by atoms with Gasteiger partial charge in [0.25, 0.3) is 0 Å². The van der Waals surface area contributed by atoms with Crippen LogP contribution in [0.1, 0.15) is 18.9 Å². The van der Waals surface area contributed by atoms with E-state index < -0.39 is 17.9 Å². The van der Waals surface area contributed by atoms with Crippen molar-refractivity contribution in [3.05, 3.63) is 54.1 Å². The quantitative estimate of drug-likeness (QED) is 0.684. The van der Waals surface area contributed by atoms with E-state index in [0.717, 1.165) is 5.56 Å². The number of esters is 1. The van der Waals surface area contributed by atoms with Gasteiger partial charge in [0.2, 0.25) is 18.6 Å². The first-order valence-electron chi connectivity index (χ1n) is 10.3. The van der Waals surface area contributed by atoms with Crippen molar-refractivity contribution in [3.8, 4) is 11.5 Å². The number of hydrogen-bond donors (Lipinski definition) is 1. The van der Waals surface area contributed by atoms with Crippen LogP contribution in [0.3, 0.4) is 0 Å². The smallest absolute Gasteiger partial charge is 0.328 e. The number of hydrogen-bond acceptors (Lipinski definition) is 6. The maximum atomic E-state index is 12.9. The molecule has 2 atom stereocenters. The van der Waals surface area contributed by atoms with Crippen LogP contribution in [0.5, 0.6) is 11.5 Å². The summed E-state index contributed by atoms with van der Waals surface area (Å²) in [6, 6.07) is 13.8. The Morgan fingerprint density at radius 1 is 1.16 bits per heavy atom. The molecule has 0 spiro atoms. The summed E-state index contributed by atoms with van der Waals surface area (Å²) in [6.45, 7) is 2.32. The summed E-state index contributed by atoms with van der Waals surface area (Å²) in [5, 5.41) is 2.79. The first-order chi connectivity index (χ1) is 15.0. The minimum atomic E-state index is -0.815. The lowest BCUT2D eigenvalue weighted by molar-refractivity contribution is -0.147. The lowest BCUT2D eigenvalue weighted by Gasteiger charge is -2.20. The minimum Gasteiger partial charge on any atom is -0.464 e. The molecule has 2 aromatic rings. The molecule has 2 heterocycles. The molecule has 0 aliphatic carbocycles. The molecule has 162 valence electrons. The van der Waals surface area contributed by atoms with Crippen molar-refractivity contribution in [2.24, 2.45) is 5.92 Å². The second-order valence-electron chi connectivity index (χ2n) is 7.45. The first-order valence-corrected chi connectivity index (χ1v) is 10.3. The molecule has 0 bridgehead atoms. The van der Waals surface area contributed by atoms with E-state index in [9.17, 15) is 14.4 Å². The van der Waals surface area contributed by atoms with Gasteiger partial charge in [-0.05, 0) is 24.6 Å². The average Bonchev–Trinajstić information content (AvgIpc) is 3.40. The van der Waals surface area contributed by atoms with E-state index in [2.05, 4.69) is 5.32 Å². The van der Waals surface area contributed by atoms with Crippen molar-refractivity contribution >= 4 is 23.5 Å². The van der Waals surface area contributed by atoms with E-state index in [-0.39, 0.29) is 38.2 Å². The number of nitrogens with one attached hydrogen (secondary N) is 1. The Morgan fingerprint density at radius 2 is 1.94 bits per heavy atom. The third kappa shape index (κ3) is 4.63. The number of nitrogens with zero attached hydrogens (tertiary/aromatic N) is 1. The van der Waals surface area contributed by atoms with Crippen molar-refractivity contribution in [1.82, 2.24) is 5.32 Å². The molecule has 0 radical (unpaired) electrons. The molecule has 1 N–H and O–H groups in total. The van der Waals surface area contributed by atoms with Gasteiger partial charge in [-0.25, -0.2) is 4.79 Å². The Hall–Kier alpha value is -3.55. The fourth-order valence-electron chi connectivity index (χ4n) is 3.76. The van der Waals surface area contributed by atoms with Crippen molar-refractivity contribution in [2.45, 2.75) is 25.8 Å². The van der Waals surface area contributed by atoms with Gasteiger partial charge in [0, 0.05) is 31.1 Å². The zero-order valence-corrected chi connectivity index (χ0v) is 17.2. The van der Waals surface area contributed by atoms with Gasteiger partial charge in [0.1, 0.15) is 6.04 Å². The van der Waals surface area contributed by atoms with Gasteiger partial charge in [-0.2, -0.15) is 0 Å². The monoisotopic (exact) mass is 424 g/mol. The summed E-state index contributed by atoms with van der Waals surface area (Å²) in [5.74, 6) is -0.353. The molecule has 1 saturated heterocycles. The van der Waals surface area contributed by atoms with Crippen LogP contribution >= 0.6 is 0 Å². The van der Waals surface area contributed by atoms with Gasteiger partial charge in [-0.15, -0.1) is 0 Å². The SMILES string of the molecule is CCOC(=O)C(Cc1ccccc1)NC(=O)C1CC(=O)N(c2ccc3c(c2)OCO3)C1. The molecule has 2 unspecified atom stereocenters. The van der Waals surface area contributed by atoms with Crippen LogP contribution < -0.4 is 19.7 Å². The van der Waals surface area contributed by atoms with Crippen LogP contribution in [0.4, 0.5) is 5.69 Å². The Labute approximate surface area is 180 Å². The maximum Gasteiger partial charge on any atom is 0.328 e. The van der Waals surface area contributed by atoms with Crippen LogP contribution in [0.15, 0.2) is 48.5 Å². The number of rotatable bonds is 7. The number of carbonyl (C=O) groups is 3. The molecule has 8 nitrogen and oxygen atoms in total. The Kier molecular flexibility index (Phi) is 6.06. The second-order valence-corrected chi connectivity index (χ2v) is 7.45. The molecule has 2 aliphatic rings. The van der Waals surface area contributed by atoms with E-state index in [1.165, 1.54) is 0 Å². The topological polar surface area (TPSA) is 94.2 Å². The highest BCUT2D eigenvalue weighted by Gasteiger charge is 2.37. The summed E-state index contributed by atoms with van der Waals surface area (Å²) < 4.78 is 15.8. The minimum absolute atomic E-state index is 0.0706. The molecule has 0 saturated carbocycles. The van der Waals surface area contributed by atoms with E-state index in [0.29, 0.717) is 23.6 Å². The normalized spacial score (nSPS) is 18.0. The van der Waals surface area contributed by atoms with Gasteiger partial charge in [-0.1, -0.05) is 30.3 Å². The Morgan fingerprint density at radius 3 is 2.71 bits per heavy atom. The van der Waals surface area contributed by atoms with E-state index in [4.69, 9.17) is 14.2 Å². The summed E-state index contributed by atoms with van der Waals surface area (Å²) >= 11 is 0. The summed E-state index contributed by atoms with van der Waals surface area (Å²) in [5.41, 5.74) is 1.56. The van der Waals surface area contributed by atoms with Gasteiger partial charge >= 0.3 is 5.97 Å². The van der Waals surface area contributed by atoms with E-state index >= 15 is 0 Å². The highest BCUT2D eigenvalue weighted by molar-refractivity contribution is 6.01. The average molecular weight is 424 g/mol. The zero-order chi connectivity index (χ0) is 21.8. The molecule has 2 amide bonds. The number of fused-ring (bicyclic) bond motifs is 1. The molecule has 1 fully saturated rings. The third-order valence-corrected chi connectivity index (χ3v) is 5.33. The first kappa shape index (κ1) is 20.7. The van der Waals surface area contributed by atoms with Crippen LogP contribution in [-0.2, 0) is 25.5 Å².